The van der Waals surface area contributed by atoms with Crippen LogP contribution in [0, 0.1) is 22.7 Å². The Kier molecular flexibility index (Phi) is 5.25. The topological polar surface area (TPSA) is 107 Å². The molecule has 0 saturated heterocycles. The van der Waals surface area contributed by atoms with E-state index in [9.17, 15) is 19.8 Å². The van der Waals surface area contributed by atoms with E-state index < -0.39 is 11.6 Å². The van der Waals surface area contributed by atoms with E-state index in [4.69, 9.17) is 9.84 Å². The summed E-state index contributed by atoms with van der Waals surface area (Å²) in [6.45, 7) is 9.65. The number of carboxylic acid groups (broad SMARTS) is 1. The molecule has 2 aliphatic carbocycles. The molecule has 0 unspecified atom stereocenters. The molecule has 34 heavy (non-hydrogen) atoms. The smallest absolute Gasteiger partial charge is 0.303 e. The van der Waals surface area contributed by atoms with Crippen LogP contribution in [-0.4, -0.2) is 50.3 Å². The van der Waals surface area contributed by atoms with Gasteiger partial charge in [0.25, 0.3) is 5.91 Å². The first-order valence-corrected chi connectivity index (χ1v) is 12.7. The first-order valence-electron chi connectivity index (χ1n) is 12.7. The lowest BCUT2D eigenvalue weighted by molar-refractivity contribution is -0.210. The van der Waals surface area contributed by atoms with E-state index in [0.717, 1.165) is 36.8 Å². The second kappa shape index (κ2) is 7.61. The third-order valence-electron chi connectivity index (χ3n) is 9.99. The molecule has 3 N–H and O–H groups in total. The molecule has 5 rings (SSSR count). The van der Waals surface area contributed by atoms with Crippen molar-refractivity contribution in [3.05, 3.63) is 22.8 Å². The van der Waals surface area contributed by atoms with Gasteiger partial charge in [0.15, 0.2) is 0 Å². The number of benzene rings is 1. The summed E-state index contributed by atoms with van der Waals surface area (Å²) in [6.07, 6.45) is 4.31. The van der Waals surface area contributed by atoms with Gasteiger partial charge in [-0.15, -0.1) is 0 Å². The Morgan fingerprint density at radius 1 is 1.21 bits per heavy atom. The van der Waals surface area contributed by atoms with Gasteiger partial charge in [-0.05, 0) is 55.4 Å². The highest BCUT2D eigenvalue weighted by atomic mass is 16.5. The Balaban J connectivity index is 1.52. The Bertz CT molecular complexity index is 1050. The van der Waals surface area contributed by atoms with Crippen molar-refractivity contribution in [1.82, 2.24) is 4.90 Å². The number of hydrogen-bond acceptors (Lipinski definition) is 5. The van der Waals surface area contributed by atoms with Gasteiger partial charge in [0.1, 0.15) is 17.1 Å². The number of aliphatic hydroxyl groups is 1. The number of carboxylic acids is 1. The van der Waals surface area contributed by atoms with Gasteiger partial charge in [-0.2, -0.15) is 0 Å². The van der Waals surface area contributed by atoms with Gasteiger partial charge in [0.05, 0.1) is 18.2 Å². The molecule has 0 radical (unpaired) electrons. The lowest BCUT2D eigenvalue weighted by Gasteiger charge is -2.64. The van der Waals surface area contributed by atoms with Crippen LogP contribution in [0.1, 0.15) is 87.7 Å². The van der Waals surface area contributed by atoms with Crippen molar-refractivity contribution in [2.45, 2.75) is 90.9 Å². The Morgan fingerprint density at radius 3 is 2.65 bits per heavy atom. The quantitative estimate of drug-likeness (QED) is 0.610. The summed E-state index contributed by atoms with van der Waals surface area (Å²) in [5.41, 5.74) is 1.18. The van der Waals surface area contributed by atoms with Crippen LogP contribution >= 0.6 is 0 Å². The highest BCUT2D eigenvalue weighted by molar-refractivity contribution is 6.00. The fourth-order valence-corrected chi connectivity index (χ4v) is 7.93. The minimum atomic E-state index is -0.873. The predicted octanol–water partition coefficient (Wildman–Crippen LogP) is 4.12. The van der Waals surface area contributed by atoms with Crippen molar-refractivity contribution >= 4 is 11.9 Å². The van der Waals surface area contributed by atoms with Gasteiger partial charge in [0, 0.05) is 35.9 Å². The summed E-state index contributed by atoms with van der Waals surface area (Å²) < 4.78 is 7.00. The SMILES string of the molecule is C[C@@H]1CC[C@@H]2C(C)(C)[C@H](O)CC[C@@]2(C)[C@]12Cc1c(O)cc3c(c1O2)CN(CCCC(=O)O)C3=O. The first kappa shape index (κ1) is 23.5. The lowest BCUT2D eigenvalue weighted by Crippen LogP contribution is -2.66. The Labute approximate surface area is 201 Å². The van der Waals surface area contributed by atoms with Crippen molar-refractivity contribution < 1.29 is 29.6 Å². The zero-order valence-electron chi connectivity index (χ0n) is 20.7. The van der Waals surface area contributed by atoms with Gasteiger partial charge in [-0.3, -0.25) is 9.59 Å². The van der Waals surface area contributed by atoms with Crippen LogP contribution in [0.15, 0.2) is 6.07 Å². The molecule has 0 bridgehead atoms. The number of phenols is 1. The summed E-state index contributed by atoms with van der Waals surface area (Å²) in [6, 6.07) is 1.58. The van der Waals surface area contributed by atoms with Crippen LogP contribution in [0.2, 0.25) is 0 Å². The molecule has 2 saturated carbocycles. The zero-order valence-corrected chi connectivity index (χ0v) is 20.7. The van der Waals surface area contributed by atoms with Crippen LogP contribution in [0.3, 0.4) is 0 Å². The van der Waals surface area contributed by atoms with Crippen LogP contribution < -0.4 is 4.74 Å². The normalized spacial score (nSPS) is 35.6. The number of aromatic hydroxyl groups is 1. The number of carbonyl (C=O) groups is 2. The molecule has 1 aromatic carbocycles. The third kappa shape index (κ3) is 3.05. The van der Waals surface area contributed by atoms with Gasteiger partial charge < -0.3 is 25.0 Å². The number of phenolic OH excluding ortho intramolecular Hbond substituents is 1. The second-order valence-electron chi connectivity index (χ2n) is 11.9. The molecule has 2 fully saturated rings. The van der Waals surface area contributed by atoms with Crippen molar-refractivity contribution in [2.75, 3.05) is 6.54 Å². The third-order valence-corrected chi connectivity index (χ3v) is 9.99. The van der Waals surface area contributed by atoms with E-state index in [2.05, 4.69) is 27.7 Å². The first-order chi connectivity index (χ1) is 15.9. The maximum atomic E-state index is 13.1. The largest absolute Gasteiger partial charge is 0.508 e. The summed E-state index contributed by atoms with van der Waals surface area (Å²) >= 11 is 0. The molecular weight excluding hydrogens is 434 g/mol. The predicted molar refractivity (Wildman–Crippen MR) is 126 cm³/mol. The molecular formula is C27H37NO6. The maximum Gasteiger partial charge on any atom is 0.303 e. The molecule has 186 valence electrons. The zero-order chi connectivity index (χ0) is 24.6. The molecule has 1 spiro atoms. The fraction of sp³-hybridized carbons (Fsp3) is 0.704. The number of rotatable bonds is 4. The molecule has 5 atom stereocenters. The van der Waals surface area contributed by atoms with Gasteiger partial charge in [-0.1, -0.05) is 27.7 Å². The number of ether oxygens (including phenoxy) is 1. The summed E-state index contributed by atoms with van der Waals surface area (Å²) in [7, 11) is 0. The standard InChI is InChI=1S/C27H37NO6/c1-15-7-8-20-25(2,3)21(30)9-10-26(20,4)27(15)13-17-19(29)12-16-18(23(17)34-27)14-28(24(16)33)11-5-6-22(31)32/h12,15,20-21,29-30H,5-11,13-14H2,1-4H3,(H,31,32)/t15-,20-,21-,26-,27+/m1/s1. The van der Waals surface area contributed by atoms with Crippen molar-refractivity contribution in [2.24, 2.45) is 22.7 Å². The Hall–Kier alpha value is -2.28. The summed E-state index contributed by atoms with van der Waals surface area (Å²) in [5, 5.41) is 30.8. The molecule has 0 aromatic heterocycles. The maximum absolute atomic E-state index is 13.1. The van der Waals surface area contributed by atoms with E-state index in [1.54, 1.807) is 11.0 Å². The summed E-state index contributed by atoms with van der Waals surface area (Å²) in [5.74, 6) is 0.277. The molecule has 7 heteroatoms. The lowest BCUT2D eigenvalue weighted by atomic mass is 9.43. The van der Waals surface area contributed by atoms with E-state index in [-0.39, 0.29) is 40.9 Å². The monoisotopic (exact) mass is 471 g/mol. The molecule has 1 amide bonds. The van der Waals surface area contributed by atoms with Crippen LogP contribution in [0.25, 0.3) is 0 Å². The number of amides is 1. The molecule has 4 aliphatic rings. The molecule has 1 aromatic rings. The molecule has 2 aliphatic heterocycles. The average Bonchev–Trinajstić information content (AvgIpc) is 3.31. The number of hydrogen-bond donors (Lipinski definition) is 3. The minimum absolute atomic E-state index is 0.0159. The molecule has 7 nitrogen and oxygen atoms in total. The Morgan fingerprint density at radius 2 is 1.94 bits per heavy atom. The van der Waals surface area contributed by atoms with E-state index in [1.807, 2.05) is 0 Å². The average molecular weight is 472 g/mol. The van der Waals surface area contributed by atoms with E-state index in [0.29, 0.717) is 43.2 Å². The summed E-state index contributed by atoms with van der Waals surface area (Å²) in [4.78, 5) is 25.6. The van der Waals surface area contributed by atoms with Gasteiger partial charge in [-0.25, -0.2) is 0 Å². The van der Waals surface area contributed by atoms with Crippen molar-refractivity contribution in [3.8, 4) is 11.5 Å². The van der Waals surface area contributed by atoms with Crippen LogP contribution in [-0.2, 0) is 17.8 Å². The highest BCUT2D eigenvalue weighted by Gasteiger charge is 2.67. The fourth-order valence-electron chi connectivity index (χ4n) is 7.93. The van der Waals surface area contributed by atoms with Crippen LogP contribution in [0.4, 0.5) is 0 Å². The number of aliphatic hydroxyl groups excluding tert-OH is 1. The second-order valence-corrected chi connectivity index (χ2v) is 11.9. The number of carbonyl (C=O) groups excluding carboxylic acids is 1. The van der Waals surface area contributed by atoms with Crippen molar-refractivity contribution in [3.63, 3.8) is 0 Å². The number of fused-ring (bicyclic) bond motifs is 5. The number of aliphatic carboxylic acids is 1. The number of nitrogens with zero attached hydrogens (tertiary/aromatic N) is 1. The highest BCUT2D eigenvalue weighted by Crippen LogP contribution is 2.67. The van der Waals surface area contributed by atoms with Crippen molar-refractivity contribution in [1.29, 1.82) is 0 Å². The van der Waals surface area contributed by atoms with Gasteiger partial charge in [0.2, 0.25) is 0 Å². The van der Waals surface area contributed by atoms with Gasteiger partial charge >= 0.3 is 5.97 Å². The van der Waals surface area contributed by atoms with E-state index >= 15 is 0 Å². The van der Waals surface area contributed by atoms with Crippen LogP contribution in [0.5, 0.6) is 11.5 Å². The molecule has 2 heterocycles. The van der Waals surface area contributed by atoms with E-state index in [1.165, 1.54) is 0 Å². The minimum Gasteiger partial charge on any atom is -0.508 e.